The van der Waals surface area contributed by atoms with E-state index in [0.29, 0.717) is 18.0 Å². The topological polar surface area (TPSA) is 58.6 Å². The van der Waals surface area contributed by atoms with Crippen molar-refractivity contribution in [3.05, 3.63) is 24.3 Å². The Morgan fingerprint density at radius 2 is 2.06 bits per heavy atom. The van der Waals surface area contributed by atoms with Crippen LogP contribution < -0.4 is 15.0 Å². The van der Waals surface area contributed by atoms with E-state index in [-0.39, 0.29) is 6.04 Å². The van der Waals surface area contributed by atoms with Crippen molar-refractivity contribution >= 4 is 17.5 Å². The van der Waals surface area contributed by atoms with Crippen molar-refractivity contribution < 1.29 is 14.3 Å². The highest BCUT2D eigenvalue weighted by Gasteiger charge is 2.32. The van der Waals surface area contributed by atoms with E-state index in [1.165, 1.54) is 12.0 Å². The van der Waals surface area contributed by atoms with Gasteiger partial charge in [0.25, 0.3) is 0 Å². The Hall–Kier alpha value is -2.04. The number of nitrogens with zero attached hydrogens (tertiary/aromatic N) is 1. The predicted molar refractivity (Wildman–Crippen MR) is 63.0 cm³/mol. The normalized spacial score (nSPS) is 20.1. The van der Waals surface area contributed by atoms with Crippen molar-refractivity contribution in [3.8, 4) is 5.75 Å². The number of amides is 2. The van der Waals surface area contributed by atoms with Crippen LogP contribution in [0.1, 0.15) is 6.92 Å². The monoisotopic (exact) mass is 234 g/mol. The van der Waals surface area contributed by atoms with E-state index < -0.39 is 11.8 Å². The van der Waals surface area contributed by atoms with Crippen LogP contribution in [-0.4, -0.2) is 31.5 Å². The second-order valence-electron chi connectivity index (χ2n) is 3.96. The molecule has 2 amide bonds. The maximum absolute atomic E-state index is 11.8. The molecule has 5 nitrogen and oxygen atoms in total. The zero-order valence-corrected chi connectivity index (χ0v) is 9.77. The Kier molecular flexibility index (Phi) is 2.99. The van der Waals surface area contributed by atoms with E-state index in [9.17, 15) is 9.59 Å². The van der Waals surface area contributed by atoms with Crippen LogP contribution >= 0.6 is 0 Å². The molecule has 0 bridgehead atoms. The molecule has 0 unspecified atom stereocenters. The predicted octanol–water partition coefficient (Wildman–Crippen LogP) is 0.546. The molecule has 17 heavy (non-hydrogen) atoms. The van der Waals surface area contributed by atoms with E-state index in [1.807, 2.05) is 19.1 Å². The number of hydrogen-bond donors (Lipinski definition) is 1. The minimum atomic E-state index is -0.574. The SMILES string of the molecule is COc1ccccc1N1C[C@@H](C)NC(=O)C1=O. The number of hydrogen-bond acceptors (Lipinski definition) is 3. The lowest BCUT2D eigenvalue weighted by Gasteiger charge is -2.31. The molecule has 1 aliphatic rings. The summed E-state index contributed by atoms with van der Waals surface area (Å²) in [6.07, 6.45) is 0. The van der Waals surface area contributed by atoms with Crippen LogP contribution in [0.25, 0.3) is 0 Å². The molecule has 0 radical (unpaired) electrons. The Labute approximate surface area is 99.4 Å². The van der Waals surface area contributed by atoms with E-state index >= 15 is 0 Å². The van der Waals surface area contributed by atoms with Crippen molar-refractivity contribution in [1.29, 1.82) is 0 Å². The summed E-state index contributed by atoms with van der Waals surface area (Å²) in [5.74, 6) is -0.537. The molecule has 90 valence electrons. The van der Waals surface area contributed by atoms with Crippen LogP contribution in [0.3, 0.4) is 0 Å². The highest BCUT2D eigenvalue weighted by atomic mass is 16.5. The highest BCUT2D eigenvalue weighted by Crippen LogP contribution is 2.28. The minimum Gasteiger partial charge on any atom is -0.495 e. The average Bonchev–Trinajstić information content (AvgIpc) is 2.33. The molecule has 0 aromatic heterocycles. The molecule has 1 fully saturated rings. The van der Waals surface area contributed by atoms with E-state index in [4.69, 9.17) is 4.74 Å². The highest BCUT2D eigenvalue weighted by molar-refractivity contribution is 6.41. The average molecular weight is 234 g/mol. The van der Waals surface area contributed by atoms with Gasteiger partial charge in [-0.25, -0.2) is 0 Å². The molecule has 1 N–H and O–H groups in total. The van der Waals surface area contributed by atoms with Gasteiger partial charge in [0.05, 0.1) is 12.8 Å². The van der Waals surface area contributed by atoms with Gasteiger partial charge < -0.3 is 10.1 Å². The number of ether oxygens (including phenoxy) is 1. The lowest BCUT2D eigenvalue weighted by molar-refractivity contribution is -0.139. The van der Waals surface area contributed by atoms with Crippen molar-refractivity contribution in [2.24, 2.45) is 0 Å². The molecular formula is C12H14N2O3. The minimum absolute atomic E-state index is 0.0647. The summed E-state index contributed by atoms with van der Waals surface area (Å²) in [6.45, 7) is 2.30. The molecule has 5 heteroatoms. The van der Waals surface area contributed by atoms with E-state index in [1.54, 1.807) is 12.1 Å². The van der Waals surface area contributed by atoms with Crippen LogP contribution in [0.15, 0.2) is 24.3 Å². The first-order chi connectivity index (χ1) is 8.13. The van der Waals surface area contributed by atoms with Crippen molar-refractivity contribution in [3.63, 3.8) is 0 Å². The smallest absolute Gasteiger partial charge is 0.316 e. The number of nitrogens with one attached hydrogen (secondary N) is 1. The molecule has 2 rings (SSSR count). The Balaban J connectivity index is 2.37. The summed E-state index contributed by atoms with van der Waals surface area (Å²) in [5.41, 5.74) is 0.627. The molecule has 1 aliphatic heterocycles. The first-order valence-electron chi connectivity index (χ1n) is 5.39. The molecule has 1 aromatic rings. The number of carbonyl (C=O) groups excluding carboxylic acids is 2. The van der Waals surface area contributed by atoms with Crippen LogP contribution in [0.2, 0.25) is 0 Å². The van der Waals surface area contributed by atoms with Gasteiger partial charge in [-0.2, -0.15) is 0 Å². The molecule has 0 aliphatic carbocycles. The summed E-state index contributed by atoms with van der Waals surface area (Å²) < 4.78 is 5.19. The number of carbonyl (C=O) groups is 2. The largest absolute Gasteiger partial charge is 0.495 e. The summed E-state index contributed by atoms with van der Waals surface area (Å²) in [6, 6.07) is 7.09. The molecule has 1 saturated heterocycles. The number of piperazine rings is 1. The van der Waals surface area contributed by atoms with Gasteiger partial charge in [-0.1, -0.05) is 12.1 Å². The van der Waals surface area contributed by atoms with Gasteiger partial charge in [0.2, 0.25) is 0 Å². The number of rotatable bonds is 2. The molecule has 0 saturated carbocycles. The van der Waals surface area contributed by atoms with Crippen LogP contribution in [-0.2, 0) is 9.59 Å². The fourth-order valence-corrected chi connectivity index (χ4v) is 1.87. The Morgan fingerprint density at radius 1 is 1.35 bits per heavy atom. The third kappa shape index (κ3) is 2.08. The van der Waals surface area contributed by atoms with Crippen molar-refractivity contribution in [2.75, 3.05) is 18.6 Å². The van der Waals surface area contributed by atoms with E-state index in [2.05, 4.69) is 5.32 Å². The van der Waals surface area contributed by atoms with Gasteiger partial charge >= 0.3 is 11.8 Å². The van der Waals surface area contributed by atoms with Gasteiger partial charge in [0, 0.05) is 12.6 Å². The first-order valence-corrected chi connectivity index (χ1v) is 5.39. The molecule has 1 heterocycles. The summed E-state index contributed by atoms with van der Waals surface area (Å²) in [7, 11) is 1.54. The molecular weight excluding hydrogens is 220 g/mol. The second-order valence-corrected chi connectivity index (χ2v) is 3.96. The summed E-state index contributed by atoms with van der Waals surface area (Å²) in [4.78, 5) is 24.7. The maximum atomic E-state index is 11.8. The quantitative estimate of drug-likeness (QED) is 0.760. The Bertz CT molecular complexity index is 459. The zero-order valence-electron chi connectivity index (χ0n) is 9.77. The lowest BCUT2D eigenvalue weighted by atomic mass is 10.2. The van der Waals surface area contributed by atoms with Crippen molar-refractivity contribution in [1.82, 2.24) is 5.32 Å². The first kappa shape index (κ1) is 11.4. The molecule has 1 atom stereocenters. The number of anilines is 1. The summed E-state index contributed by atoms with van der Waals surface area (Å²) >= 11 is 0. The number of para-hydroxylation sites is 2. The van der Waals surface area contributed by atoms with Gasteiger partial charge in [0.15, 0.2) is 0 Å². The molecule has 0 spiro atoms. The van der Waals surface area contributed by atoms with Gasteiger partial charge in [-0.3, -0.25) is 14.5 Å². The molecule has 1 aromatic carbocycles. The van der Waals surface area contributed by atoms with Crippen LogP contribution in [0.4, 0.5) is 5.69 Å². The fourth-order valence-electron chi connectivity index (χ4n) is 1.87. The fraction of sp³-hybridized carbons (Fsp3) is 0.333. The standard InChI is InChI=1S/C12H14N2O3/c1-8-7-14(12(16)11(15)13-8)9-5-3-4-6-10(9)17-2/h3-6,8H,7H2,1-2H3,(H,13,15)/t8-/m1/s1. The van der Waals surface area contributed by atoms with E-state index in [0.717, 1.165) is 0 Å². The van der Waals surface area contributed by atoms with Crippen LogP contribution in [0, 0.1) is 0 Å². The third-order valence-electron chi connectivity index (χ3n) is 2.65. The van der Waals surface area contributed by atoms with Gasteiger partial charge in [0.1, 0.15) is 5.75 Å². The van der Waals surface area contributed by atoms with Gasteiger partial charge in [-0.15, -0.1) is 0 Å². The Morgan fingerprint density at radius 3 is 2.76 bits per heavy atom. The van der Waals surface area contributed by atoms with Gasteiger partial charge in [-0.05, 0) is 19.1 Å². The maximum Gasteiger partial charge on any atom is 0.316 e. The van der Waals surface area contributed by atoms with Crippen LogP contribution in [0.5, 0.6) is 5.75 Å². The lowest BCUT2D eigenvalue weighted by Crippen LogP contribution is -2.56. The zero-order chi connectivity index (χ0) is 12.4. The summed E-state index contributed by atoms with van der Waals surface area (Å²) in [5, 5.41) is 2.60. The third-order valence-corrected chi connectivity index (χ3v) is 2.65. The number of methoxy groups -OCH3 is 1. The number of benzene rings is 1. The second kappa shape index (κ2) is 4.45. The van der Waals surface area contributed by atoms with Crippen molar-refractivity contribution in [2.45, 2.75) is 13.0 Å².